The number of likely N-dealkylation sites (N-methyl/N-ethyl adjacent to an activating group) is 1. The summed E-state index contributed by atoms with van der Waals surface area (Å²) in [6.07, 6.45) is 4.43. The normalized spacial score (nSPS) is 27.4. The van der Waals surface area contributed by atoms with Gasteiger partial charge in [-0.2, -0.15) is 0 Å². The third-order valence-corrected chi connectivity index (χ3v) is 5.66. The van der Waals surface area contributed by atoms with E-state index in [4.69, 9.17) is 4.74 Å². The first kappa shape index (κ1) is 20.5. The minimum absolute atomic E-state index is 0.00106. The molecule has 0 saturated heterocycles. The Morgan fingerprint density at radius 2 is 1.86 bits per heavy atom. The lowest BCUT2D eigenvalue weighted by Crippen LogP contribution is -2.48. The molecule has 6 nitrogen and oxygen atoms in total. The van der Waals surface area contributed by atoms with E-state index in [0.717, 1.165) is 36.5 Å². The van der Waals surface area contributed by atoms with Crippen LogP contribution in [0.15, 0.2) is 29.3 Å². The van der Waals surface area contributed by atoms with Crippen LogP contribution in [0.1, 0.15) is 51.1 Å². The molecule has 1 aliphatic carbocycles. The average Bonchev–Trinajstić information content (AvgIpc) is 2.65. The lowest BCUT2D eigenvalue weighted by Gasteiger charge is -2.34. The summed E-state index contributed by atoms with van der Waals surface area (Å²) in [4.78, 5) is 18.3. The van der Waals surface area contributed by atoms with E-state index < -0.39 is 0 Å². The summed E-state index contributed by atoms with van der Waals surface area (Å²) in [5.41, 5.74) is 1.15. The molecule has 1 aliphatic heterocycles. The van der Waals surface area contributed by atoms with Crippen LogP contribution in [0.25, 0.3) is 0 Å². The third-order valence-electron chi connectivity index (χ3n) is 5.66. The van der Waals surface area contributed by atoms with Crippen LogP contribution >= 0.6 is 0 Å². The van der Waals surface area contributed by atoms with Gasteiger partial charge >= 0.3 is 0 Å². The zero-order valence-corrected chi connectivity index (χ0v) is 17.6. The Balaban J connectivity index is 1.75. The van der Waals surface area contributed by atoms with Crippen molar-refractivity contribution in [2.45, 2.75) is 51.6 Å². The van der Waals surface area contributed by atoms with E-state index in [1.165, 1.54) is 6.42 Å². The summed E-state index contributed by atoms with van der Waals surface area (Å²) in [6, 6.07) is 8.65. The molecule has 3 atom stereocenters. The fourth-order valence-corrected chi connectivity index (χ4v) is 4.34. The maximum absolute atomic E-state index is 12.1. The highest BCUT2D eigenvalue weighted by Gasteiger charge is 2.27. The molecule has 1 heterocycles. The Morgan fingerprint density at radius 3 is 2.57 bits per heavy atom. The highest BCUT2D eigenvalue weighted by molar-refractivity contribution is 5.85. The molecule has 1 aromatic rings. The van der Waals surface area contributed by atoms with Crippen LogP contribution in [0.4, 0.5) is 0 Å². The van der Waals surface area contributed by atoms with Crippen molar-refractivity contribution in [2.24, 2.45) is 16.8 Å². The van der Waals surface area contributed by atoms with Crippen molar-refractivity contribution in [2.75, 3.05) is 27.2 Å². The van der Waals surface area contributed by atoms with E-state index >= 15 is 0 Å². The fourth-order valence-electron chi connectivity index (χ4n) is 4.34. The van der Waals surface area contributed by atoms with E-state index in [0.29, 0.717) is 24.5 Å². The minimum atomic E-state index is -0.00106. The lowest BCUT2D eigenvalue weighted by molar-refractivity contribution is -0.127. The van der Waals surface area contributed by atoms with Gasteiger partial charge in [0.2, 0.25) is 5.91 Å². The molecule has 0 radical (unpaired) electrons. The van der Waals surface area contributed by atoms with Crippen molar-refractivity contribution in [3.05, 3.63) is 29.8 Å². The monoisotopic (exact) mass is 386 g/mol. The van der Waals surface area contributed by atoms with Gasteiger partial charge in [0.15, 0.2) is 5.96 Å². The van der Waals surface area contributed by atoms with Gasteiger partial charge in [0.05, 0.1) is 12.6 Å². The summed E-state index contributed by atoms with van der Waals surface area (Å²) in [6.45, 7) is 5.46. The molecule has 2 N–H and O–H groups in total. The number of fused-ring (bicyclic) bond motifs is 1. The van der Waals surface area contributed by atoms with E-state index in [1.807, 2.05) is 18.2 Å². The van der Waals surface area contributed by atoms with E-state index in [2.05, 4.69) is 35.5 Å². The number of guanidine groups is 1. The van der Waals surface area contributed by atoms with Crippen LogP contribution in [0.2, 0.25) is 0 Å². The van der Waals surface area contributed by atoms with Gasteiger partial charge in [-0.3, -0.25) is 4.79 Å². The number of nitrogens with zero attached hydrogens (tertiary/aromatic N) is 2. The Morgan fingerprint density at radius 1 is 1.14 bits per heavy atom. The van der Waals surface area contributed by atoms with Crippen molar-refractivity contribution in [3.8, 4) is 5.75 Å². The standard InChI is InChI=1S/C22H34N4O2/c1-15-11-16(2)13-17(12-15)24-22(23-14-21(27)26(3)4)25-19-9-10-28-20-8-6-5-7-18(19)20/h5-8,15-17,19H,9-14H2,1-4H3,(H2,23,24,25). The van der Waals surface area contributed by atoms with Gasteiger partial charge in [0.1, 0.15) is 12.3 Å². The SMILES string of the molecule is CC1CC(C)CC(NC(=NCC(=O)N(C)C)NC2CCOc3ccccc32)C1. The smallest absolute Gasteiger partial charge is 0.243 e. The number of amides is 1. The number of ether oxygens (including phenoxy) is 1. The number of rotatable bonds is 4. The van der Waals surface area contributed by atoms with Crippen molar-refractivity contribution in [1.82, 2.24) is 15.5 Å². The van der Waals surface area contributed by atoms with Crippen LogP contribution in [0, 0.1) is 11.8 Å². The molecule has 0 aromatic heterocycles. The zero-order chi connectivity index (χ0) is 20.1. The number of carbonyl (C=O) groups excluding carboxylic acids is 1. The van der Waals surface area contributed by atoms with Gasteiger partial charge in [0.25, 0.3) is 0 Å². The topological polar surface area (TPSA) is 66.0 Å². The summed E-state index contributed by atoms with van der Waals surface area (Å²) in [7, 11) is 3.52. The first-order valence-corrected chi connectivity index (χ1v) is 10.4. The molecular formula is C22H34N4O2. The van der Waals surface area contributed by atoms with Gasteiger partial charge in [0, 0.05) is 32.1 Å². The van der Waals surface area contributed by atoms with Gasteiger partial charge in [-0.15, -0.1) is 0 Å². The molecule has 0 spiro atoms. The predicted molar refractivity (Wildman–Crippen MR) is 113 cm³/mol. The Hall–Kier alpha value is -2.24. The molecule has 1 amide bonds. The first-order valence-electron chi connectivity index (χ1n) is 10.4. The fraction of sp³-hybridized carbons (Fsp3) is 0.636. The Kier molecular flexibility index (Phi) is 6.81. The average molecular weight is 387 g/mol. The third kappa shape index (κ3) is 5.40. The molecule has 154 valence electrons. The summed E-state index contributed by atoms with van der Waals surface area (Å²) < 4.78 is 5.78. The van der Waals surface area contributed by atoms with E-state index in [9.17, 15) is 4.79 Å². The van der Waals surface area contributed by atoms with Gasteiger partial charge in [-0.1, -0.05) is 32.0 Å². The number of benzene rings is 1. The second kappa shape index (κ2) is 9.30. The molecule has 1 fully saturated rings. The van der Waals surface area contributed by atoms with Crippen molar-refractivity contribution in [1.29, 1.82) is 0 Å². The zero-order valence-electron chi connectivity index (χ0n) is 17.6. The molecule has 28 heavy (non-hydrogen) atoms. The van der Waals surface area contributed by atoms with Gasteiger partial charge < -0.3 is 20.3 Å². The van der Waals surface area contributed by atoms with Gasteiger partial charge in [-0.05, 0) is 37.2 Å². The van der Waals surface area contributed by atoms with Crippen LogP contribution in [-0.2, 0) is 4.79 Å². The lowest BCUT2D eigenvalue weighted by atomic mass is 9.80. The summed E-state index contributed by atoms with van der Waals surface area (Å²) >= 11 is 0. The first-order chi connectivity index (χ1) is 13.4. The van der Waals surface area contributed by atoms with Crippen LogP contribution in [-0.4, -0.2) is 50.1 Å². The number of aliphatic imine (C=N–C) groups is 1. The van der Waals surface area contributed by atoms with Crippen LogP contribution in [0.5, 0.6) is 5.75 Å². The predicted octanol–water partition coefficient (Wildman–Crippen LogP) is 2.96. The van der Waals surface area contributed by atoms with Crippen molar-refractivity contribution >= 4 is 11.9 Å². The number of hydrogen-bond acceptors (Lipinski definition) is 3. The number of hydrogen-bond donors (Lipinski definition) is 2. The quantitative estimate of drug-likeness (QED) is 0.617. The molecule has 3 unspecified atom stereocenters. The summed E-state index contributed by atoms with van der Waals surface area (Å²) in [5.74, 6) is 3.06. The Labute approximate surface area is 168 Å². The molecule has 1 aromatic carbocycles. The highest BCUT2D eigenvalue weighted by Crippen LogP contribution is 2.32. The summed E-state index contributed by atoms with van der Waals surface area (Å²) in [5, 5.41) is 7.19. The van der Waals surface area contributed by atoms with Crippen LogP contribution in [0.3, 0.4) is 0 Å². The van der Waals surface area contributed by atoms with Gasteiger partial charge in [-0.25, -0.2) is 4.99 Å². The molecule has 3 rings (SSSR count). The molecule has 1 saturated carbocycles. The molecule has 6 heteroatoms. The highest BCUT2D eigenvalue weighted by atomic mass is 16.5. The Bertz CT molecular complexity index is 694. The largest absolute Gasteiger partial charge is 0.493 e. The van der Waals surface area contributed by atoms with E-state index in [-0.39, 0.29) is 18.5 Å². The second-order valence-corrected chi connectivity index (χ2v) is 8.58. The van der Waals surface area contributed by atoms with E-state index in [1.54, 1.807) is 19.0 Å². The number of carbonyl (C=O) groups is 1. The van der Waals surface area contributed by atoms with Crippen molar-refractivity contribution in [3.63, 3.8) is 0 Å². The number of nitrogens with one attached hydrogen (secondary N) is 2. The maximum atomic E-state index is 12.1. The maximum Gasteiger partial charge on any atom is 0.243 e. The second-order valence-electron chi connectivity index (χ2n) is 8.58. The molecule has 0 bridgehead atoms. The van der Waals surface area contributed by atoms with Crippen LogP contribution < -0.4 is 15.4 Å². The number of para-hydroxylation sites is 1. The van der Waals surface area contributed by atoms with Crippen molar-refractivity contribution < 1.29 is 9.53 Å². The minimum Gasteiger partial charge on any atom is -0.493 e. The molecule has 2 aliphatic rings. The molecular weight excluding hydrogens is 352 g/mol.